The molecule has 3 rings (SSSR count). The van der Waals surface area contributed by atoms with E-state index in [0.717, 1.165) is 5.56 Å². The van der Waals surface area contributed by atoms with E-state index in [9.17, 15) is 0 Å². The monoisotopic (exact) mass is 317 g/mol. The maximum Gasteiger partial charge on any atom is 0.166 e. The molecule has 0 spiro atoms. The number of halogens is 2. The molecule has 0 saturated carbocycles. The smallest absolute Gasteiger partial charge is 0.166 e. The first-order valence-electron chi connectivity index (χ1n) is 6.14. The van der Waals surface area contributed by atoms with Crippen LogP contribution in [0.5, 0.6) is 0 Å². The number of nitrogens with zero attached hydrogens (tertiary/aromatic N) is 5. The highest BCUT2D eigenvalue weighted by atomic mass is 35.5. The topological polar surface area (TPSA) is 67.4 Å². The summed E-state index contributed by atoms with van der Waals surface area (Å²) < 4.78 is 1.69. The van der Waals surface area contributed by atoms with Gasteiger partial charge >= 0.3 is 0 Å². The predicted octanol–water partition coefficient (Wildman–Crippen LogP) is 3.63. The second-order valence-corrected chi connectivity index (χ2v) is 5.16. The zero-order chi connectivity index (χ0) is 15.0. The largest absolute Gasteiger partial charge is 0.294 e. The van der Waals surface area contributed by atoms with Gasteiger partial charge in [-0.05, 0) is 19.1 Å². The SMILES string of the molecule is Cc1nc(Cl)c2nc(-c3ccccc3Cl)n(CC#N)c2n1. The van der Waals surface area contributed by atoms with Crippen molar-refractivity contribution in [1.82, 2.24) is 19.5 Å². The molecule has 2 heterocycles. The number of rotatable bonds is 2. The van der Waals surface area contributed by atoms with Gasteiger partial charge in [-0.3, -0.25) is 4.57 Å². The lowest BCUT2D eigenvalue weighted by atomic mass is 10.2. The highest BCUT2D eigenvalue weighted by Crippen LogP contribution is 2.31. The summed E-state index contributed by atoms with van der Waals surface area (Å²) in [5, 5.41) is 9.88. The molecule has 104 valence electrons. The lowest BCUT2D eigenvalue weighted by Gasteiger charge is -2.05. The van der Waals surface area contributed by atoms with Crippen molar-refractivity contribution in [3.05, 3.63) is 40.3 Å². The Kier molecular flexibility index (Phi) is 3.50. The molecule has 1 aromatic carbocycles. The minimum atomic E-state index is 0.101. The summed E-state index contributed by atoms with van der Waals surface area (Å²) in [5.41, 5.74) is 1.72. The quantitative estimate of drug-likeness (QED) is 0.677. The molecule has 3 aromatic rings. The molecule has 0 radical (unpaired) electrons. The predicted molar refractivity (Wildman–Crippen MR) is 81.1 cm³/mol. The summed E-state index contributed by atoms with van der Waals surface area (Å²) in [4.78, 5) is 12.9. The Labute approximate surface area is 130 Å². The zero-order valence-electron chi connectivity index (χ0n) is 11.0. The Morgan fingerprint density at radius 2 is 1.95 bits per heavy atom. The van der Waals surface area contributed by atoms with Crippen LogP contribution in [0.1, 0.15) is 5.82 Å². The summed E-state index contributed by atoms with van der Waals surface area (Å²) in [6.07, 6.45) is 0. The second kappa shape index (κ2) is 5.32. The van der Waals surface area contributed by atoms with E-state index < -0.39 is 0 Å². The number of aromatic nitrogens is 4. The molecule has 0 aliphatic carbocycles. The Balaban J connectivity index is 2.38. The van der Waals surface area contributed by atoms with Crippen LogP contribution in [0, 0.1) is 18.3 Å². The van der Waals surface area contributed by atoms with Crippen LogP contribution >= 0.6 is 23.2 Å². The summed E-state index contributed by atoms with van der Waals surface area (Å²) in [6.45, 7) is 1.84. The van der Waals surface area contributed by atoms with Crippen LogP contribution in [0.4, 0.5) is 0 Å². The first-order valence-corrected chi connectivity index (χ1v) is 6.89. The molecule has 5 nitrogen and oxygen atoms in total. The fourth-order valence-electron chi connectivity index (χ4n) is 2.14. The standard InChI is InChI=1S/C14H9Cl2N5/c1-8-18-12(16)11-14(19-8)21(7-6-17)13(20-11)9-4-2-3-5-10(9)15/h2-5H,7H2,1H3. The van der Waals surface area contributed by atoms with Gasteiger partial charge in [0.25, 0.3) is 0 Å². The molecule has 0 aliphatic rings. The van der Waals surface area contributed by atoms with Crippen LogP contribution in [0.2, 0.25) is 10.2 Å². The maximum atomic E-state index is 9.07. The van der Waals surface area contributed by atoms with Crippen molar-refractivity contribution in [2.24, 2.45) is 0 Å². The normalized spacial score (nSPS) is 10.8. The van der Waals surface area contributed by atoms with Gasteiger partial charge in [-0.25, -0.2) is 15.0 Å². The van der Waals surface area contributed by atoms with E-state index in [1.54, 1.807) is 17.6 Å². The maximum absolute atomic E-state index is 9.07. The van der Waals surface area contributed by atoms with Crippen LogP contribution in [-0.4, -0.2) is 19.5 Å². The molecule has 0 atom stereocenters. The molecule has 7 heteroatoms. The number of imidazole rings is 1. The molecule has 2 aromatic heterocycles. The van der Waals surface area contributed by atoms with E-state index >= 15 is 0 Å². The number of nitriles is 1. The van der Waals surface area contributed by atoms with Crippen LogP contribution < -0.4 is 0 Å². The average molecular weight is 318 g/mol. The molecule has 0 amide bonds. The number of benzene rings is 1. The molecule has 0 aliphatic heterocycles. The van der Waals surface area contributed by atoms with E-state index in [2.05, 4.69) is 21.0 Å². The molecule has 0 N–H and O–H groups in total. The molecule has 0 unspecified atom stereocenters. The zero-order valence-corrected chi connectivity index (χ0v) is 12.5. The van der Waals surface area contributed by atoms with Crippen LogP contribution in [-0.2, 0) is 6.54 Å². The minimum Gasteiger partial charge on any atom is -0.294 e. The fraction of sp³-hybridized carbons (Fsp3) is 0.143. The number of fused-ring (bicyclic) bond motifs is 1. The van der Waals surface area contributed by atoms with E-state index in [1.807, 2.05) is 18.2 Å². The fourth-order valence-corrected chi connectivity index (χ4v) is 2.61. The third-order valence-electron chi connectivity index (χ3n) is 3.01. The van der Waals surface area contributed by atoms with Gasteiger partial charge in [0.2, 0.25) is 0 Å². The number of aryl methyl sites for hydroxylation is 1. The van der Waals surface area contributed by atoms with Gasteiger partial charge in [0, 0.05) is 5.56 Å². The Hall–Kier alpha value is -2.16. The van der Waals surface area contributed by atoms with Crippen molar-refractivity contribution < 1.29 is 0 Å². The van der Waals surface area contributed by atoms with Crippen LogP contribution in [0.25, 0.3) is 22.6 Å². The first kappa shape index (κ1) is 13.8. The van der Waals surface area contributed by atoms with E-state index in [-0.39, 0.29) is 11.7 Å². The highest BCUT2D eigenvalue weighted by molar-refractivity contribution is 6.34. The molecular formula is C14H9Cl2N5. The van der Waals surface area contributed by atoms with Gasteiger partial charge in [-0.2, -0.15) is 5.26 Å². The van der Waals surface area contributed by atoms with E-state index in [0.29, 0.717) is 27.8 Å². The molecule has 21 heavy (non-hydrogen) atoms. The summed E-state index contributed by atoms with van der Waals surface area (Å²) in [6, 6.07) is 9.41. The minimum absolute atomic E-state index is 0.101. The van der Waals surface area contributed by atoms with Gasteiger partial charge in [0.05, 0.1) is 11.1 Å². The van der Waals surface area contributed by atoms with Gasteiger partial charge in [0.15, 0.2) is 10.8 Å². The van der Waals surface area contributed by atoms with Gasteiger partial charge in [0.1, 0.15) is 23.7 Å². The average Bonchev–Trinajstić information content (AvgIpc) is 2.79. The molecular weight excluding hydrogens is 309 g/mol. The number of hydrogen-bond acceptors (Lipinski definition) is 4. The third kappa shape index (κ3) is 2.33. The Morgan fingerprint density at radius 1 is 1.19 bits per heavy atom. The molecule has 0 saturated heterocycles. The van der Waals surface area contributed by atoms with Crippen LogP contribution in [0.15, 0.2) is 24.3 Å². The van der Waals surface area contributed by atoms with Crippen molar-refractivity contribution in [2.45, 2.75) is 13.5 Å². The summed E-state index contributed by atoms with van der Waals surface area (Å²) in [7, 11) is 0. The van der Waals surface area contributed by atoms with Gasteiger partial charge in [-0.1, -0.05) is 35.3 Å². The van der Waals surface area contributed by atoms with Crippen molar-refractivity contribution in [3.8, 4) is 17.5 Å². The van der Waals surface area contributed by atoms with Crippen molar-refractivity contribution in [2.75, 3.05) is 0 Å². The summed E-state index contributed by atoms with van der Waals surface area (Å²) >= 11 is 12.4. The van der Waals surface area contributed by atoms with Gasteiger partial charge < -0.3 is 0 Å². The lowest BCUT2D eigenvalue weighted by Crippen LogP contribution is -2.01. The third-order valence-corrected chi connectivity index (χ3v) is 3.60. The molecule has 0 bridgehead atoms. The number of hydrogen-bond donors (Lipinski definition) is 0. The second-order valence-electron chi connectivity index (χ2n) is 4.39. The van der Waals surface area contributed by atoms with Crippen molar-refractivity contribution in [3.63, 3.8) is 0 Å². The van der Waals surface area contributed by atoms with Gasteiger partial charge in [-0.15, -0.1) is 0 Å². The van der Waals surface area contributed by atoms with E-state index in [1.165, 1.54) is 0 Å². The lowest BCUT2D eigenvalue weighted by molar-refractivity contribution is 0.852. The van der Waals surface area contributed by atoms with E-state index in [4.69, 9.17) is 28.5 Å². The summed E-state index contributed by atoms with van der Waals surface area (Å²) in [5.74, 6) is 1.08. The van der Waals surface area contributed by atoms with Crippen molar-refractivity contribution >= 4 is 34.4 Å². The Bertz CT molecular complexity index is 879. The molecule has 0 fully saturated rings. The van der Waals surface area contributed by atoms with Crippen LogP contribution in [0.3, 0.4) is 0 Å². The Morgan fingerprint density at radius 3 is 2.67 bits per heavy atom. The van der Waals surface area contributed by atoms with Crippen molar-refractivity contribution in [1.29, 1.82) is 5.26 Å². The highest BCUT2D eigenvalue weighted by Gasteiger charge is 2.18. The first-order chi connectivity index (χ1) is 10.1.